The minimum Gasteiger partial charge on any atom is -0.506 e. The first kappa shape index (κ1) is 15.2. The second-order valence-electron chi connectivity index (χ2n) is 5.15. The van der Waals surface area contributed by atoms with E-state index in [9.17, 15) is 10.2 Å². The van der Waals surface area contributed by atoms with Gasteiger partial charge in [-0.2, -0.15) is 0 Å². The van der Waals surface area contributed by atoms with Crippen LogP contribution in [0.5, 0.6) is 5.75 Å². The predicted octanol–water partition coefficient (Wildman–Crippen LogP) is 0.483. The zero-order valence-electron chi connectivity index (χ0n) is 12.0. The number of methoxy groups -OCH3 is 1. The average Bonchev–Trinajstić information content (AvgIpc) is 2.93. The Morgan fingerprint density at radius 2 is 2.35 bits per heavy atom. The van der Waals surface area contributed by atoms with E-state index in [-0.39, 0.29) is 18.0 Å². The van der Waals surface area contributed by atoms with E-state index in [2.05, 4.69) is 10.3 Å². The number of aryl methyl sites for hydroxylation is 1. The Kier molecular flexibility index (Phi) is 4.93. The van der Waals surface area contributed by atoms with E-state index in [1.165, 1.54) is 0 Å². The molecule has 112 valence electrons. The van der Waals surface area contributed by atoms with Crippen molar-refractivity contribution < 1.29 is 19.7 Å². The van der Waals surface area contributed by atoms with Gasteiger partial charge in [0, 0.05) is 50.6 Å². The summed E-state index contributed by atoms with van der Waals surface area (Å²) in [5, 5.41) is 22.6. The lowest BCUT2D eigenvalue weighted by atomic mass is 10.0. The smallest absolute Gasteiger partial charge is 0.141 e. The van der Waals surface area contributed by atoms with E-state index in [0.717, 1.165) is 6.42 Å². The van der Waals surface area contributed by atoms with E-state index < -0.39 is 0 Å². The number of aliphatic hydroxyl groups excluding tert-OH is 1. The van der Waals surface area contributed by atoms with Crippen LogP contribution in [-0.4, -0.2) is 47.7 Å². The van der Waals surface area contributed by atoms with E-state index in [1.54, 1.807) is 20.2 Å². The number of nitrogens with one attached hydrogen (secondary N) is 1. The molecule has 6 heteroatoms. The van der Waals surface area contributed by atoms with Crippen molar-refractivity contribution in [3.8, 4) is 5.75 Å². The Hall–Kier alpha value is -1.21. The van der Waals surface area contributed by atoms with Gasteiger partial charge in [-0.25, -0.2) is 0 Å². The summed E-state index contributed by atoms with van der Waals surface area (Å²) in [7, 11) is 1.68. The maximum absolute atomic E-state index is 10.1. The summed E-state index contributed by atoms with van der Waals surface area (Å²) in [5.41, 5.74) is 1.58. The minimum absolute atomic E-state index is 0.137. The maximum Gasteiger partial charge on any atom is 0.141 e. The Balaban J connectivity index is 2.02. The number of rotatable bonds is 6. The summed E-state index contributed by atoms with van der Waals surface area (Å²) in [6, 6.07) is 0. The number of hydrogen-bond donors (Lipinski definition) is 3. The maximum atomic E-state index is 10.1. The average molecular weight is 282 g/mol. The van der Waals surface area contributed by atoms with Crippen LogP contribution < -0.4 is 5.32 Å². The third kappa shape index (κ3) is 3.09. The minimum atomic E-state index is -0.295. The molecule has 1 aliphatic heterocycles. The van der Waals surface area contributed by atoms with Gasteiger partial charge in [-0.3, -0.25) is 4.98 Å². The molecular weight excluding hydrogens is 260 g/mol. The molecule has 1 fully saturated rings. The van der Waals surface area contributed by atoms with Gasteiger partial charge in [0.25, 0.3) is 0 Å². The van der Waals surface area contributed by atoms with Crippen molar-refractivity contribution >= 4 is 0 Å². The molecule has 1 aromatic heterocycles. The quantitative estimate of drug-likeness (QED) is 0.704. The van der Waals surface area contributed by atoms with Gasteiger partial charge in [-0.1, -0.05) is 0 Å². The van der Waals surface area contributed by atoms with Crippen LogP contribution >= 0.6 is 0 Å². The number of nitrogens with zero attached hydrogens (tertiary/aromatic N) is 1. The molecule has 1 aromatic rings. The largest absolute Gasteiger partial charge is 0.506 e. The van der Waals surface area contributed by atoms with Crippen molar-refractivity contribution in [2.24, 2.45) is 0 Å². The Morgan fingerprint density at radius 1 is 1.55 bits per heavy atom. The van der Waals surface area contributed by atoms with Crippen molar-refractivity contribution in [2.75, 3.05) is 26.9 Å². The summed E-state index contributed by atoms with van der Waals surface area (Å²) >= 11 is 0. The zero-order chi connectivity index (χ0) is 14.6. The molecule has 0 aliphatic carbocycles. The third-order valence-corrected chi connectivity index (χ3v) is 3.85. The van der Waals surface area contributed by atoms with Gasteiger partial charge >= 0.3 is 0 Å². The highest BCUT2D eigenvalue weighted by atomic mass is 16.5. The first-order valence-electron chi connectivity index (χ1n) is 6.72. The van der Waals surface area contributed by atoms with Crippen molar-refractivity contribution in [1.29, 1.82) is 0 Å². The van der Waals surface area contributed by atoms with Gasteiger partial charge in [-0.05, 0) is 6.92 Å². The predicted molar refractivity (Wildman–Crippen MR) is 73.4 cm³/mol. The van der Waals surface area contributed by atoms with Crippen LogP contribution in [0.4, 0.5) is 0 Å². The third-order valence-electron chi connectivity index (χ3n) is 3.85. The molecule has 1 atom stereocenters. The second kappa shape index (κ2) is 6.49. The highest BCUT2D eigenvalue weighted by molar-refractivity contribution is 5.40. The number of hydrogen-bond acceptors (Lipinski definition) is 6. The van der Waals surface area contributed by atoms with Crippen LogP contribution in [0.3, 0.4) is 0 Å². The first-order valence-corrected chi connectivity index (χ1v) is 6.72. The number of aliphatic hydroxyl groups is 1. The summed E-state index contributed by atoms with van der Waals surface area (Å²) in [5.74, 6) is 0.137. The summed E-state index contributed by atoms with van der Waals surface area (Å²) < 4.78 is 10.9. The van der Waals surface area contributed by atoms with Gasteiger partial charge in [0.05, 0.1) is 18.9 Å². The number of ether oxygens (including phenoxy) is 2. The Bertz CT molecular complexity index is 459. The molecule has 1 unspecified atom stereocenters. The Morgan fingerprint density at radius 3 is 2.95 bits per heavy atom. The van der Waals surface area contributed by atoms with Crippen LogP contribution in [0.1, 0.15) is 23.2 Å². The van der Waals surface area contributed by atoms with Crippen LogP contribution in [0.25, 0.3) is 0 Å². The molecule has 0 spiro atoms. The molecule has 0 amide bonds. The highest BCUT2D eigenvalue weighted by Gasteiger charge is 2.34. The summed E-state index contributed by atoms with van der Waals surface area (Å²) in [4.78, 5) is 4.04. The molecule has 20 heavy (non-hydrogen) atoms. The monoisotopic (exact) mass is 282 g/mol. The normalized spacial score (nSPS) is 22.4. The summed E-state index contributed by atoms with van der Waals surface area (Å²) in [6.07, 6.45) is 2.45. The molecule has 1 aliphatic rings. The zero-order valence-corrected chi connectivity index (χ0v) is 12.0. The lowest BCUT2D eigenvalue weighted by Crippen LogP contribution is -2.42. The lowest BCUT2D eigenvalue weighted by Gasteiger charge is -2.26. The molecular formula is C14H22N2O4. The van der Waals surface area contributed by atoms with Crippen molar-refractivity contribution in [1.82, 2.24) is 10.3 Å². The van der Waals surface area contributed by atoms with Gasteiger partial charge in [0.2, 0.25) is 0 Å². The fourth-order valence-electron chi connectivity index (χ4n) is 2.39. The number of pyridine rings is 1. The highest BCUT2D eigenvalue weighted by Crippen LogP contribution is 2.25. The molecule has 0 aromatic carbocycles. The van der Waals surface area contributed by atoms with Crippen LogP contribution in [0, 0.1) is 6.92 Å². The van der Waals surface area contributed by atoms with Crippen molar-refractivity contribution in [2.45, 2.75) is 32.1 Å². The Labute approximate surface area is 118 Å². The van der Waals surface area contributed by atoms with Crippen LogP contribution in [0.15, 0.2) is 6.20 Å². The molecule has 0 radical (unpaired) electrons. The fourth-order valence-corrected chi connectivity index (χ4v) is 2.39. The fraction of sp³-hybridized carbons (Fsp3) is 0.643. The van der Waals surface area contributed by atoms with Crippen molar-refractivity contribution in [3.05, 3.63) is 23.0 Å². The van der Waals surface area contributed by atoms with E-state index in [1.807, 2.05) is 0 Å². The van der Waals surface area contributed by atoms with Gasteiger partial charge in [0.1, 0.15) is 11.4 Å². The molecule has 6 nitrogen and oxygen atoms in total. The molecule has 1 saturated heterocycles. The van der Waals surface area contributed by atoms with Gasteiger partial charge < -0.3 is 25.0 Å². The molecule has 2 rings (SSSR count). The molecule has 2 heterocycles. The number of aromatic hydroxyl groups is 1. The number of aromatic nitrogens is 1. The van der Waals surface area contributed by atoms with E-state index >= 15 is 0 Å². The molecule has 0 saturated carbocycles. The van der Waals surface area contributed by atoms with E-state index in [0.29, 0.717) is 43.1 Å². The van der Waals surface area contributed by atoms with Crippen LogP contribution in [0.2, 0.25) is 0 Å². The van der Waals surface area contributed by atoms with Gasteiger partial charge in [-0.15, -0.1) is 0 Å². The lowest BCUT2D eigenvalue weighted by molar-refractivity contribution is -0.0159. The van der Waals surface area contributed by atoms with Gasteiger partial charge in [0.15, 0.2) is 0 Å². The standard InChI is InChI=1S/C14H22N2O4/c1-10-13(18)12(11(7-17)5-16-10)6-15-8-14(19-2)3-4-20-9-14/h5,15,17-18H,3-4,6-9H2,1-2H3. The first-order chi connectivity index (χ1) is 9.62. The van der Waals surface area contributed by atoms with Crippen LogP contribution in [-0.2, 0) is 22.6 Å². The SMILES string of the molecule is COC1(CNCc2c(CO)cnc(C)c2O)CCOC1. The van der Waals surface area contributed by atoms with E-state index in [4.69, 9.17) is 9.47 Å². The molecule has 3 N–H and O–H groups in total. The topological polar surface area (TPSA) is 83.8 Å². The second-order valence-corrected chi connectivity index (χ2v) is 5.15. The summed E-state index contributed by atoms with van der Waals surface area (Å²) in [6.45, 7) is 3.96. The van der Waals surface area contributed by atoms with Crippen molar-refractivity contribution in [3.63, 3.8) is 0 Å². The molecule has 0 bridgehead atoms.